The molecule has 0 radical (unpaired) electrons. The lowest BCUT2D eigenvalue weighted by Crippen LogP contribution is -2.26. The Labute approximate surface area is 159 Å². The summed E-state index contributed by atoms with van der Waals surface area (Å²) in [6, 6.07) is 3.60. The van der Waals surface area contributed by atoms with Crippen LogP contribution in [0.5, 0.6) is 0 Å². The van der Waals surface area contributed by atoms with Gasteiger partial charge < -0.3 is 21.5 Å². The fourth-order valence-electron chi connectivity index (χ4n) is 2.59. The number of aliphatic hydroxyl groups is 1. The van der Waals surface area contributed by atoms with Crippen molar-refractivity contribution in [3.8, 4) is 6.07 Å². The first-order chi connectivity index (χ1) is 13.1. The Morgan fingerprint density at radius 3 is 2.48 bits per heavy atom. The number of nitrogens with zero attached hydrogens (tertiary/aromatic N) is 4. The summed E-state index contributed by atoms with van der Waals surface area (Å²) in [6.45, 7) is 4.92. The number of anilines is 3. The molecular formula is C19H27N7O. The summed E-state index contributed by atoms with van der Waals surface area (Å²) < 4.78 is 0. The van der Waals surface area contributed by atoms with E-state index in [1.807, 2.05) is 6.07 Å². The first-order valence-corrected chi connectivity index (χ1v) is 9.17. The normalized spacial score (nSPS) is 14.0. The summed E-state index contributed by atoms with van der Waals surface area (Å²) in [7, 11) is 0. The summed E-state index contributed by atoms with van der Waals surface area (Å²) in [5, 5.41) is 23.7. The maximum atomic E-state index is 8.80. The zero-order chi connectivity index (χ0) is 19.5. The molecule has 2 aromatic heterocycles. The lowest BCUT2D eigenvalue weighted by Gasteiger charge is -2.17. The number of aliphatic hydroxyl groups excluding tert-OH is 1. The Morgan fingerprint density at radius 1 is 1.22 bits per heavy atom. The van der Waals surface area contributed by atoms with Gasteiger partial charge in [0.15, 0.2) is 5.69 Å². The number of nitriles is 1. The molecule has 1 aliphatic rings. The van der Waals surface area contributed by atoms with E-state index in [-0.39, 0.29) is 12.3 Å². The molecule has 0 saturated carbocycles. The van der Waals surface area contributed by atoms with Crippen LogP contribution >= 0.6 is 0 Å². The molecule has 1 aliphatic heterocycles. The predicted octanol–water partition coefficient (Wildman–Crippen LogP) is 2.00. The molecule has 0 bridgehead atoms. The summed E-state index contributed by atoms with van der Waals surface area (Å²) in [6.07, 6.45) is 8.59. The molecule has 0 atom stereocenters. The average Bonchev–Trinajstić information content (AvgIpc) is 2.69. The highest BCUT2D eigenvalue weighted by molar-refractivity contribution is 5.59. The van der Waals surface area contributed by atoms with Crippen molar-refractivity contribution in [2.24, 2.45) is 5.92 Å². The third kappa shape index (κ3) is 7.17. The van der Waals surface area contributed by atoms with Gasteiger partial charge in [0.05, 0.1) is 12.4 Å². The molecule has 0 amide bonds. The second kappa shape index (κ2) is 11.1. The number of piperidine rings is 1. The molecule has 27 heavy (non-hydrogen) atoms. The molecule has 0 unspecified atom stereocenters. The summed E-state index contributed by atoms with van der Waals surface area (Å²) in [4.78, 5) is 12.2. The lowest BCUT2D eigenvalue weighted by molar-refractivity contribution is 0.288. The van der Waals surface area contributed by atoms with Crippen LogP contribution in [0.2, 0.25) is 0 Å². The number of nitrogen functional groups attached to an aromatic ring is 1. The van der Waals surface area contributed by atoms with Crippen LogP contribution in [-0.4, -0.2) is 39.8 Å². The second-order valence-electron chi connectivity index (χ2n) is 6.55. The second-order valence-corrected chi connectivity index (χ2v) is 6.55. The SMILES string of the molecule is CC1CCNCC1.N#Cc1cnc(Nc2cc(N)c(CCCO)cn2)cn1. The maximum Gasteiger partial charge on any atom is 0.158 e. The molecule has 5 N–H and O–H groups in total. The first-order valence-electron chi connectivity index (χ1n) is 9.17. The molecular weight excluding hydrogens is 342 g/mol. The maximum absolute atomic E-state index is 8.80. The number of pyridine rings is 1. The van der Waals surface area contributed by atoms with E-state index in [1.54, 1.807) is 12.3 Å². The molecule has 2 aromatic rings. The molecule has 0 aromatic carbocycles. The Hall–Kier alpha value is -2.76. The molecule has 3 rings (SSSR count). The number of hydrogen-bond donors (Lipinski definition) is 4. The van der Waals surface area contributed by atoms with Crippen LogP contribution in [0.3, 0.4) is 0 Å². The van der Waals surface area contributed by atoms with Gasteiger partial charge in [0.1, 0.15) is 17.7 Å². The van der Waals surface area contributed by atoms with E-state index in [9.17, 15) is 0 Å². The van der Waals surface area contributed by atoms with Gasteiger partial charge in [-0.3, -0.25) is 0 Å². The minimum Gasteiger partial charge on any atom is -0.398 e. The van der Waals surface area contributed by atoms with Crippen molar-refractivity contribution in [1.82, 2.24) is 20.3 Å². The number of hydrogen-bond acceptors (Lipinski definition) is 8. The van der Waals surface area contributed by atoms with E-state index in [4.69, 9.17) is 16.1 Å². The van der Waals surface area contributed by atoms with Crippen molar-refractivity contribution < 1.29 is 5.11 Å². The molecule has 0 aliphatic carbocycles. The fraction of sp³-hybridized carbons (Fsp3) is 0.474. The van der Waals surface area contributed by atoms with Crippen molar-refractivity contribution in [3.05, 3.63) is 35.9 Å². The summed E-state index contributed by atoms with van der Waals surface area (Å²) >= 11 is 0. The quantitative estimate of drug-likeness (QED) is 0.629. The van der Waals surface area contributed by atoms with Gasteiger partial charge in [0.2, 0.25) is 0 Å². The summed E-state index contributed by atoms with van der Waals surface area (Å²) in [5.74, 6) is 2.01. The van der Waals surface area contributed by atoms with Crippen LogP contribution in [0.25, 0.3) is 0 Å². The van der Waals surface area contributed by atoms with Gasteiger partial charge in [-0.1, -0.05) is 6.92 Å². The van der Waals surface area contributed by atoms with E-state index in [1.165, 1.54) is 38.3 Å². The highest BCUT2D eigenvalue weighted by Gasteiger charge is 2.05. The van der Waals surface area contributed by atoms with E-state index in [2.05, 4.69) is 32.5 Å². The lowest BCUT2D eigenvalue weighted by atomic mass is 10.0. The molecule has 3 heterocycles. The van der Waals surface area contributed by atoms with Gasteiger partial charge in [-0.2, -0.15) is 5.26 Å². The summed E-state index contributed by atoms with van der Waals surface area (Å²) in [5.41, 5.74) is 7.68. The molecule has 8 heteroatoms. The standard InChI is InChI=1S/C13H14N6O.C6H13N/c14-5-10-7-18-13(8-16-10)19-12-4-11(15)9(6-17-12)2-1-3-20;1-6-2-4-7-5-3-6/h4,6-8,20H,1-3H2,(H3,15,17,18,19);6-7H,2-5H2,1H3. The average molecular weight is 369 g/mol. The monoisotopic (exact) mass is 369 g/mol. The van der Waals surface area contributed by atoms with E-state index >= 15 is 0 Å². The third-order valence-electron chi connectivity index (χ3n) is 4.28. The Kier molecular flexibility index (Phi) is 8.42. The molecule has 1 saturated heterocycles. The van der Waals surface area contributed by atoms with Gasteiger partial charge in [0.25, 0.3) is 0 Å². The van der Waals surface area contributed by atoms with Crippen molar-refractivity contribution in [2.75, 3.05) is 30.7 Å². The van der Waals surface area contributed by atoms with E-state index in [0.717, 1.165) is 11.5 Å². The largest absolute Gasteiger partial charge is 0.398 e. The van der Waals surface area contributed by atoms with Crippen LogP contribution in [0, 0.1) is 17.2 Å². The van der Waals surface area contributed by atoms with Crippen LogP contribution in [0.15, 0.2) is 24.7 Å². The van der Waals surface area contributed by atoms with E-state index < -0.39 is 0 Å². The van der Waals surface area contributed by atoms with Crippen LogP contribution in [-0.2, 0) is 6.42 Å². The van der Waals surface area contributed by atoms with Gasteiger partial charge in [-0.15, -0.1) is 0 Å². The number of nitrogens with one attached hydrogen (secondary N) is 2. The zero-order valence-electron chi connectivity index (χ0n) is 15.6. The topological polar surface area (TPSA) is 133 Å². The number of nitrogens with two attached hydrogens (primary N) is 1. The molecule has 0 spiro atoms. The minimum atomic E-state index is 0.125. The molecule has 8 nitrogen and oxygen atoms in total. The Morgan fingerprint density at radius 2 is 1.96 bits per heavy atom. The van der Waals surface area contributed by atoms with Crippen molar-refractivity contribution in [3.63, 3.8) is 0 Å². The number of aryl methyl sites for hydroxylation is 1. The Bertz CT molecular complexity index is 737. The molecule has 144 valence electrons. The van der Waals surface area contributed by atoms with Crippen LogP contribution < -0.4 is 16.4 Å². The number of aromatic nitrogens is 3. The smallest absolute Gasteiger partial charge is 0.158 e. The predicted molar refractivity (Wildman–Crippen MR) is 105 cm³/mol. The van der Waals surface area contributed by atoms with Crippen molar-refractivity contribution in [1.29, 1.82) is 5.26 Å². The van der Waals surface area contributed by atoms with Crippen molar-refractivity contribution >= 4 is 17.3 Å². The van der Waals surface area contributed by atoms with Crippen LogP contribution in [0.1, 0.15) is 37.4 Å². The molecule has 1 fully saturated rings. The van der Waals surface area contributed by atoms with Gasteiger partial charge in [-0.25, -0.2) is 15.0 Å². The highest BCUT2D eigenvalue weighted by Crippen LogP contribution is 2.18. The van der Waals surface area contributed by atoms with Crippen molar-refractivity contribution in [2.45, 2.75) is 32.6 Å². The number of rotatable bonds is 5. The van der Waals surface area contributed by atoms with Gasteiger partial charge in [-0.05, 0) is 50.3 Å². The highest BCUT2D eigenvalue weighted by atomic mass is 16.2. The fourth-order valence-corrected chi connectivity index (χ4v) is 2.59. The third-order valence-corrected chi connectivity index (χ3v) is 4.28. The van der Waals surface area contributed by atoms with Crippen LogP contribution in [0.4, 0.5) is 17.3 Å². The zero-order valence-corrected chi connectivity index (χ0v) is 15.6. The minimum absolute atomic E-state index is 0.125. The first kappa shape index (κ1) is 20.6. The Balaban J connectivity index is 0.000000313. The van der Waals surface area contributed by atoms with Gasteiger partial charge >= 0.3 is 0 Å². The van der Waals surface area contributed by atoms with Gasteiger partial charge in [0, 0.05) is 24.6 Å². The van der Waals surface area contributed by atoms with E-state index in [0.29, 0.717) is 30.2 Å².